The lowest BCUT2D eigenvalue weighted by molar-refractivity contribution is -0.141. The lowest BCUT2D eigenvalue weighted by atomic mass is 10.3. The molecule has 0 aliphatic rings. The normalized spacial score (nSPS) is 9.94. The lowest BCUT2D eigenvalue weighted by Gasteiger charge is -2.02. The summed E-state index contributed by atoms with van der Waals surface area (Å²) in [7, 11) is 0. The molecule has 4 nitrogen and oxygen atoms in total. The number of esters is 1. The first-order valence-electron chi connectivity index (χ1n) is 5.05. The molecule has 5 heteroatoms. The minimum atomic E-state index is -0.416. The second kappa shape index (κ2) is 5.65. The molecule has 1 aromatic heterocycles. The molecule has 1 aromatic rings. The van der Waals surface area contributed by atoms with Gasteiger partial charge in [-0.15, -0.1) is 11.3 Å². The van der Waals surface area contributed by atoms with E-state index in [-0.39, 0.29) is 12.5 Å². The molecule has 16 heavy (non-hydrogen) atoms. The van der Waals surface area contributed by atoms with Gasteiger partial charge in [0.1, 0.15) is 6.54 Å². The summed E-state index contributed by atoms with van der Waals surface area (Å²) in [6.07, 6.45) is 0. The summed E-state index contributed by atoms with van der Waals surface area (Å²) in [5.41, 5.74) is 1.09. The van der Waals surface area contributed by atoms with E-state index in [0.29, 0.717) is 11.5 Å². The van der Waals surface area contributed by atoms with Crippen LogP contribution in [-0.4, -0.2) is 25.0 Å². The molecule has 1 amide bonds. The van der Waals surface area contributed by atoms with Gasteiger partial charge >= 0.3 is 5.97 Å². The topological polar surface area (TPSA) is 55.4 Å². The Morgan fingerprint density at radius 1 is 1.44 bits per heavy atom. The Labute approximate surface area is 98.6 Å². The lowest BCUT2D eigenvalue weighted by Crippen LogP contribution is -2.30. The summed E-state index contributed by atoms with van der Waals surface area (Å²) in [6.45, 7) is 5.89. The fraction of sp³-hybridized carbons (Fsp3) is 0.455. The van der Waals surface area contributed by atoms with Crippen molar-refractivity contribution in [2.45, 2.75) is 20.8 Å². The van der Waals surface area contributed by atoms with Crippen molar-refractivity contribution in [1.82, 2.24) is 5.32 Å². The fourth-order valence-electron chi connectivity index (χ4n) is 1.14. The number of carbonyl (C=O) groups is 2. The number of amides is 1. The summed E-state index contributed by atoms with van der Waals surface area (Å²) < 4.78 is 4.71. The van der Waals surface area contributed by atoms with Crippen LogP contribution in [0.4, 0.5) is 0 Å². The van der Waals surface area contributed by atoms with E-state index in [9.17, 15) is 9.59 Å². The second-order valence-electron chi connectivity index (χ2n) is 3.34. The minimum Gasteiger partial charge on any atom is -0.465 e. The minimum absolute atomic E-state index is 0.0807. The fourth-order valence-corrected chi connectivity index (χ4v) is 2.09. The molecule has 0 saturated carbocycles. The molecular formula is C11H15NO3S. The summed E-state index contributed by atoms with van der Waals surface area (Å²) in [4.78, 5) is 24.4. The average molecular weight is 241 g/mol. The molecule has 1 N–H and O–H groups in total. The van der Waals surface area contributed by atoms with Crippen LogP contribution in [0.2, 0.25) is 0 Å². The number of rotatable bonds is 4. The van der Waals surface area contributed by atoms with Crippen molar-refractivity contribution in [2.24, 2.45) is 0 Å². The van der Waals surface area contributed by atoms with E-state index in [1.165, 1.54) is 11.3 Å². The molecule has 0 spiro atoms. The van der Waals surface area contributed by atoms with E-state index < -0.39 is 5.97 Å². The Hall–Kier alpha value is -1.36. The van der Waals surface area contributed by atoms with Crippen molar-refractivity contribution in [3.8, 4) is 0 Å². The highest BCUT2D eigenvalue weighted by atomic mass is 32.1. The van der Waals surface area contributed by atoms with Gasteiger partial charge in [-0.1, -0.05) is 0 Å². The molecule has 0 aliphatic heterocycles. The Morgan fingerprint density at radius 2 is 2.12 bits per heavy atom. The predicted molar refractivity (Wildman–Crippen MR) is 62.8 cm³/mol. The van der Waals surface area contributed by atoms with Crippen LogP contribution >= 0.6 is 11.3 Å². The molecule has 0 bridgehead atoms. The quantitative estimate of drug-likeness (QED) is 0.816. The highest BCUT2D eigenvalue weighted by Crippen LogP contribution is 2.20. The molecule has 0 atom stereocenters. The van der Waals surface area contributed by atoms with E-state index >= 15 is 0 Å². The Balaban J connectivity index is 2.50. The maximum Gasteiger partial charge on any atom is 0.325 e. The van der Waals surface area contributed by atoms with Crippen molar-refractivity contribution in [1.29, 1.82) is 0 Å². The van der Waals surface area contributed by atoms with Gasteiger partial charge in [0.05, 0.1) is 11.5 Å². The summed E-state index contributed by atoms with van der Waals surface area (Å²) in [6, 6.07) is 1.82. The second-order valence-corrected chi connectivity index (χ2v) is 4.59. The van der Waals surface area contributed by atoms with E-state index in [1.54, 1.807) is 6.92 Å². The van der Waals surface area contributed by atoms with Crippen LogP contribution in [0.15, 0.2) is 6.07 Å². The third kappa shape index (κ3) is 3.34. The molecule has 1 rings (SSSR count). The zero-order chi connectivity index (χ0) is 12.1. The number of nitrogens with one attached hydrogen (secondary N) is 1. The molecule has 0 aliphatic carbocycles. The van der Waals surface area contributed by atoms with Crippen molar-refractivity contribution >= 4 is 23.2 Å². The third-order valence-electron chi connectivity index (χ3n) is 2.09. The molecule has 0 fully saturated rings. The first-order valence-corrected chi connectivity index (χ1v) is 5.87. The molecule has 0 aromatic carbocycles. The van der Waals surface area contributed by atoms with Crippen molar-refractivity contribution in [2.75, 3.05) is 13.2 Å². The largest absolute Gasteiger partial charge is 0.465 e. The van der Waals surface area contributed by atoms with E-state index in [0.717, 1.165) is 10.4 Å². The monoisotopic (exact) mass is 241 g/mol. The van der Waals surface area contributed by atoms with Crippen molar-refractivity contribution in [3.63, 3.8) is 0 Å². The molecule has 0 unspecified atom stereocenters. The predicted octanol–water partition coefficient (Wildman–Crippen LogP) is 1.66. The molecular weight excluding hydrogens is 226 g/mol. The van der Waals surface area contributed by atoms with Crippen molar-refractivity contribution in [3.05, 3.63) is 21.4 Å². The number of aryl methyl sites for hydroxylation is 2. The molecule has 0 saturated heterocycles. The standard InChI is InChI=1S/C11H15NO3S/c1-4-15-10(13)6-12-11(14)9-5-7(2)8(3)16-9/h5H,4,6H2,1-3H3,(H,12,14). The van der Waals surface area contributed by atoms with Gasteiger partial charge in [0.15, 0.2) is 0 Å². The first kappa shape index (κ1) is 12.7. The summed E-state index contributed by atoms with van der Waals surface area (Å²) in [5, 5.41) is 2.52. The molecule has 1 heterocycles. The van der Waals surface area contributed by atoms with Gasteiger partial charge in [-0.05, 0) is 32.4 Å². The number of hydrogen-bond donors (Lipinski definition) is 1. The zero-order valence-corrected chi connectivity index (χ0v) is 10.4. The average Bonchev–Trinajstić information content (AvgIpc) is 2.56. The Bertz CT molecular complexity index is 378. The van der Waals surface area contributed by atoms with Gasteiger partial charge in [-0.25, -0.2) is 0 Å². The number of hydrogen-bond acceptors (Lipinski definition) is 4. The van der Waals surface area contributed by atoms with Crippen LogP contribution in [0.25, 0.3) is 0 Å². The van der Waals surface area contributed by atoms with Crippen LogP contribution in [0, 0.1) is 13.8 Å². The summed E-state index contributed by atoms with van der Waals surface area (Å²) in [5.74, 6) is -0.643. The maximum absolute atomic E-state index is 11.6. The number of carbonyl (C=O) groups excluding carboxylic acids is 2. The Morgan fingerprint density at radius 3 is 2.62 bits per heavy atom. The van der Waals surface area contributed by atoms with Gasteiger partial charge in [0, 0.05) is 4.88 Å². The van der Waals surface area contributed by atoms with Crippen molar-refractivity contribution < 1.29 is 14.3 Å². The van der Waals surface area contributed by atoms with Gasteiger partial charge in [-0.3, -0.25) is 9.59 Å². The highest BCUT2D eigenvalue weighted by Gasteiger charge is 2.11. The number of thiophene rings is 1. The van der Waals surface area contributed by atoms with E-state index in [2.05, 4.69) is 5.32 Å². The van der Waals surface area contributed by atoms with Crippen LogP contribution in [-0.2, 0) is 9.53 Å². The maximum atomic E-state index is 11.6. The van der Waals surface area contributed by atoms with Gasteiger partial charge < -0.3 is 10.1 Å². The Kier molecular flexibility index (Phi) is 4.49. The van der Waals surface area contributed by atoms with Crippen LogP contribution < -0.4 is 5.32 Å². The first-order chi connectivity index (χ1) is 7.54. The van der Waals surface area contributed by atoms with Gasteiger partial charge in [-0.2, -0.15) is 0 Å². The van der Waals surface area contributed by atoms with Crippen LogP contribution in [0.5, 0.6) is 0 Å². The SMILES string of the molecule is CCOC(=O)CNC(=O)c1cc(C)c(C)s1. The van der Waals surface area contributed by atoms with Gasteiger partial charge in [0.25, 0.3) is 5.91 Å². The van der Waals surface area contributed by atoms with Crippen LogP contribution in [0.3, 0.4) is 0 Å². The van der Waals surface area contributed by atoms with Crippen LogP contribution in [0.1, 0.15) is 27.0 Å². The smallest absolute Gasteiger partial charge is 0.325 e. The van der Waals surface area contributed by atoms with E-state index in [1.807, 2.05) is 19.9 Å². The third-order valence-corrected chi connectivity index (χ3v) is 3.24. The zero-order valence-electron chi connectivity index (χ0n) is 9.62. The highest BCUT2D eigenvalue weighted by molar-refractivity contribution is 7.14. The molecule has 88 valence electrons. The molecule has 0 radical (unpaired) electrons. The number of ether oxygens (including phenoxy) is 1. The van der Waals surface area contributed by atoms with E-state index in [4.69, 9.17) is 4.74 Å². The summed E-state index contributed by atoms with van der Waals surface area (Å²) >= 11 is 1.42. The van der Waals surface area contributed by atoms with Gasteiger partial charge in [0.2, 0.25) is 0 Å².